The zero-order chi connectivity index (χ0) is 18.8. The fraction of sp³-hybridized carbons (Fsp3) is 0.409. The number of fused-ring (bicyclic) bond motifs is 1. The van der Waals surface area contributed by atoms with Crippen molar-refractivity contribution in [2.45, 2.75) is 26.9 Å². The van der Waals surface area contributed by atoms with Crippen LogP contribution >= 0.6 is 0 Å². The summed E-state index contributed by atoms with van der Waals surface area (Å²) in [5.74, 6) is 1.89. The lowest BCUT2D eigenvalue weighted by Crippen LogP contribution is -2.45. The van der Waals surface area contributed by atoms with Crippen LogP contribution in [0.3, 0.4) is 0 Å². The number of rotatable bonds is 5. The van der Waals surface area contributed by atoms with Crippen LogP contribution in [-0.2, 0) is 13.1 Å². The molecule has 27 heavy (non-hydrogen) atoms. The van der Waals surface area contributed by atoms with Gasteiger partial charge in [-0.25, -0.2) is 4.98 Å². The molecular formula is C22H28N4O. The van der Waals surface area contributed by atoms with Crippen LogP contribution in [0.2, 0.25) is 0 Å². The Kier molecular flexibility index (Phi) is 5.14. The maximum Gasteiger partial charge on any atom is 0.121 e. The summed E-state index contributed by atoms with van der Waals surface area (Å²) in [6, 6.07) is 12.7. The van der Waals surface area contributed by atoms with Crippen molar-refractivity contribution in [1.82, 2.24) is 19.8 Å². The van der Waals surface area contributed by atoms with Crippen LogP contribution in [0.4, 0.5) is 0 Å². The Bertz CT molecular complexity index is 925. The SMILES string of the molecule is COc1ccc2nc(CN3CCN(Cc4cc(C)ccc4C)CC3)[nH]c2c1. The van der Waals surface area contributed by atoms with E-state index in [1.165, 1.54) is 16.7 Å². The average Bonchev–Trinajstić information content (AvgIpc) is 3.07. The Labute approximate surface area is 161 Å². The number of imidazole rings is 1. The maximum atomic E-state index is 5.29. The highest BCUT2D eigenvalue weighted by Gasteiger charge is 2.19. The highest BCUT2D eigenvalue weighted by molar-refractivity contribution is 5.76. The van der Waals surface area contributed by atoms with Crippen molar-refractivity contribution in [3.05, 3.63) is 58.9 Å². The fourth-order valence-electron chi connectivity index (χ4n) is 3.77. The number of methoxy groups -OCH3 is 1. The molecule has 0 unspecified atom stereocenters. The molecule has 5 nitrogen and oxygen atoms in total. The van der Waals surface area contributed by atoms with E-state index >= 15 is 0 Å². The van der Waals surface area contributed by atoms with Gasteiger partial charge in [0.2, 0.25) is 0 Å². The molecule has 0 spiro atoms. The Morgan fingerprint density at radius 2 is 1.70 bits per heavy atom. The molecule has 0 radical (unpaired) electrons. The van der Waals surface area contributed by atoms with Crippen molar-refractivity contribution in [2.75, 3.05) is 33.3 Å². The van der Waals surface area contributed by atoms with Gasteiger partial charge >= 0.3 is 0 Å². The third kappa shape index (κ3) is 4.15. The van der Waals surface area contributed by atoms with E-state index in [2.05, 4.69) is 46.8 Å². The lowest BCUT2D eigenvalue weighted by Gasteiger charge is -2.34. The number of hydrogen-bond donors (Lipinski definition) is 1. The van der Waals surface area contributed by atoms with Gasteiger partial charge in [-0.15, -0.1) is 0 Å². The summed E-state index contributed by atoms with van der Waals surface area (Å²) in [4.78, 5) is 13.2. The van der Waals surface area contributed by atoms with E-state index in [1.807, 2.05) is 18.2 Å². The minimum atomic E-state index is 0.859. The van der Waals surface area contributed by atoms with Crippen molar-refractivity contribution < 1.29 is 4.74 Å². The molecule has 5 heteroatoms. The zero-order valence-corrected chi connectivity index (χ0v) is 16.5. The molecule has 0 bridgehead atoms. The van der Waals surface area contributed by atoms with Crippen LogP contribution in [0.1, 0.15) is 22.5 Å². The third-order valence-electron chi connectivity index (χ3n) is 5.47. The van der Waals surface area contributed by atoms with Gasteiger partial charge in [-0.1, -0.05) is 23.8 Å². The molecule has 0 amide bonds. The molecular weight excluding hydrogens is 336 g/mol. The Hall–Kier alpha value is -2.37. The van der Waals surface area contributed by atoms with Crippen LogP contribution in [0.15, 0.2) is 36.4 Å². The molecule has 1 fully saturated rings. The number of H-pyrrole nitrogens is 1. The Morgan fingerprint density at radius 1 is 0.963 bits per heavy atom. The summed E-state index contributed by atoms with van der Waals surface area (Å²) in [5.41, 5.74) is 6.23. The number of ether oxygens (including phenoxy) is 1. The van der Waals surface area contributed by atoms with Crippen molar-refractivity contribution in [1.29, 1.82) is 0 Å². The molecule has 1 saturated heterocycles. The molecule has 142 valence electrons. The third-order valence-corrected chi connectivity index (χ3v) is 5.47. The van der Waals surface area contributed by atoms with Gasteiger partial charge in [-0.05, 0) is 37.1 Å². The minimum Gasteiger partial charge on any atom is -0.497 e. The molecule has 2 aromatic carbocycles. The van der Waals surface area contributed by atoms with Crippen LogP contribution in [-0.4, -0.2) is 53.1 Å². The molecule has 4 rings (SSSR count). The number of nitrogens with one attached hydrogen (secondary N) is 1. The van der Waals surface area contributed by atoms with Crippen LogP contribution < -0.4 is 4.74 Å². The van der Waals surface area contributed by atoms with E-state index in [9.17, 15) is 0 Å². The molecule has 0 atom stereocenters. The summed E-state index contributed by atoms with van der Waals surface area (Å²) in [7, 11) is 1.69. The summed E-state index contributed by atoms with van der Waals surface area (Å²) < 4.78 is 5.29. The fourth-order valence-corrected chi connectivity index (χ4v) is 3.77. The predicted octanol–water partition coefficient (Wildman–Crippen LogP) is 3.51. The van der Waals surface area contributed by atoms with Crippen LogP contribution in [0.25, 0.3) is 11.0 Å². The number of nitrogens with zero attached hydrogens (tertiary/aromatic N) is 3. The lowest BCUT2D eigenvalue weighted by atomic mass is 10.0. The Morgan fingerprint density at radius 3 is 2.44 bits per heavy atom. The number of aromatic amines is 1. The van der Waals surface area contributed by atoms with Crippen LogP contribution in [0, 0.1) is 13.8 Å². The number of piperazine rings is 1. The lowest BCUT2D eigenvalue weighted by molar-refractivity contribution is 0.120. The van der Waals surface area contributed by atoms with Gasteiger partial charge in [-0.3, -0.25) is 9.80 Å². The topological polar surface area (TPSA) is 44.4 Å². The molecule has 1 aliphatic heterocycles. The Balaban J connectivity index is 1.35. The van der Waals surface area contributed by atoms with Crippen molar-refractivity contribution in [3.63, 3.8) is 0 Å². The maximum absolute atomic E-state index is 5.29. The van der Waals surface area contributed by atoms with Crippen molar-refractivity contribution in [3.8, 4) is 5.75 Å². The van der Waals surface area contributed by atoms with Gasteiger partial charge in [0, 0.05) is 38.8 Å². The first kappa shape index (κ1) is 18.0. The highest BCUT2D eigenvalue weighted by Crippen LogP contribution is 2.20. The molecule has 1 aliphatic rings. The van der Waals surface area contributed by atoms with Gasteiger partial charge in [-0.2, -0.15) is 0 Å². The smallest absolute Gasteiger partial charge is 0.121 e. The first-order valence-electron chi connectivity index (χ1n) is 9.64. The standard InChI is InChI=1S/C22H28N4O/c1-16-4-5-17(2)18(12-16)14-25-8-10-26(11-9-25)15-22-23-20-7-6-19(27-3)13-21(20)24-22/h4-7,12-13H,8-11,14-15H2,1-3H3,(H,23,24). The largest absolute Gasteiger partial charge is 0.497 e. The second-order valence-corrected chi connectivity index (χ2v) is 7.55. The first-order valence-corrected chi connectivity index (χ1v) is 9.64. The second kappa shape index (κ2) is 7.71. The van der Waals surface area contributed by atoms with Gasteiger partial charge < -0.3 is 9.72 Å². The molecule has 1 aromatic heterocycles. The van der Waals surface area contributed by atoms with Crippen LogP contribution in [0.5, 0.6) is 5.75 Å². The molecule has 2 heterocycles. The normalized spacial score (nSPS) is 16.1. The van der Waals surface area contributed by atoms with E-state index < -0.39 is 0 Å². The molecule has 0 saturated carbocycles. The van der Waals surface area contributed by atoms with E-state index in [1.54, 1.807) is 7.11 Å². The van der Waals surface area contributed by atoms with Gasteiger partial charge in [0.25, 0.3) is 0 Å². The summed E-state index contributed by atoms with van der Waals surface area (Å²) in [6.07, 6.45) is 0. The van der Waals surface area contributed by atoms with E-state index in [4.69, 9.17) is 9.72 Å². The number of hydrogen-bond acceptors (Lipinski definition) is 4. The quantitative estimate of drug-likeness (QED) is 0.752. The van der Waals surface area contributed by atoms with E-state index in [0.29, 0.717) is 0 Å². The average molecular weight is 364 g/mol. The van der Waals surface area contributed by atoms with Gasteiger partial charge in [0.15, 0.2) is 0 Å². The minimum absolute atomic E-state index is 0.859. The van der Waals surface area contributed by atoms with E-state index in [0.717, 1.165) is 61.9 Å². The first-order chi connectivity index (χ1) is 13.1. The number of benzene rings is 2. The monoisotopic (exact) mass is 364 g/mol. The summed E-state index contributed by atoms with van der Waals surface area (Å²) in [6.45, 7) is 10.6. The van der Waals surface area contributed by atoms with Gasteiger partial charge in [0.1, 0.15) is 11.6 Å². The predicted molar refractivity (Wildman–Crippen MR) is 109 cm³/mol. The molecule has 0 aliphatic carbocycles. The second-order valence-electron chi connectivity index (χ2n) is 7.55. The molecule has 3 aromatic rings. The number of aryl methyl sites for hydroxylation is 2. The van der Waals surface area contributed by atoms with Crippen molar-refractivity contribution in [2.24, 2.45) is 0 Å². The summed E-state index contributed by atoms with van der Waals surface area (Å²) >= 11 is 0. The van der Waals surface area contributed by atoms with Crippen molar-refractivity contribution >= 4 is 11.0 Å². The van der Waals surface area contributed by atoms with E-state index in [-0.39, 0.29) is 0 Å². The number of aromatic nitrogens is 2. The molecule has 1 N–H and O–H groups in total. The highest BCUT2D eigenvalue weighted by atomic mass is 16.5. The summed E-state index contributed by atoms with van der Waals surface area (Å²) in [5, 5.41) is 0. The zero-order valence-electron chi connectivity index (χ0n) is 16.5. The van der Waals surface area contributed by atoms with Gasteiger partial charge in [0.05, 0.1) is 24.7 Å².